The van der Waals surface area contributed by atoms with Crippen molar-refractivity contribution < 1.29 is 4.74 Å². The van der Waals surface area contributed by atoms with Gasteiger partial charge in [0.05, 0.1) is 12.2 Å². The molecule has 3 unspecified atom stereocenters. The van der Waals surface area contributed by atoms with Crippen molar-refractivity contribution in [2.24, 2.45) is 0 Å². The van der Waals surface area contributed by atoms with E-state index in [0.717, 1.165) is 19.3 Å². The Bertz CT molecular complexity index is 673. The van der Waals surface area contributed by atoms with Gasteiger partial charge in [-0.25, -0.2) is 0 Å². The maximum Gasteiger partial charge on any atom is 0.0901 e. The van der Waals surface area contributed by atoms with Crippen LogP contribution < -0.4 is 0 Å². The van der Waals surface area contributed by atoms with Crippen molar-refractivity contribution in [3.8, 4) is 0 Å². The third-order valence-electron chi connectivity index (χ3n) is 5.12. The molecule has 0 saturated carbocycles. The van der Waals surface area contributed by atoms with E-state index in [4.69, 9.17) is 4.74 Å². The Balaban J connectivity index is 1.90. The van der Waals surface area contributed by atoms with Gasteiger partial charge in [-0.1, -0.05) is 55.0 Å². The van der Waals surface area contributed by atoms with E-state index in [0.29, 0.717) is 12.0 Å². The maximum atomic E-state index is 6.43. The minimum absolute atomic E-state index is 0.244. The number of aryl methyl sites for hydroxylation is 1. The van der Waals surface area contributed by atoms with Crippen LogP contribution in [0, 0.1) is 6.92 Å². The van der Waals surface area contributed by atoms with Crippen LogP contribution in [0.1, 0.15) is 59.6 Å². The van der Waals surface area contributed by atoms with Gasteiger partial charge in [-0.05, 0) is 48.4 Å². The molecule has 0 aromatic heterocycles. The first-order valence-electron chi connectivity index (χ1n) is 8.09. The zero-order chi connectivity index (χ0) is 14.4. The number of rotatable bonds is 1. The topological polar surface area (TPSA) is 9.23 Å². The van der Waals surface area contributed by atoms with Crippen LogP contribution in [0.2, 0.25) is 0 Å². The van der Waals surface area contributed by atoms with Crippen LogP contribution in [-0.2, 0) is 11.2 Å². The van der Waals surface area contributed by atoms with Crippen molar-refractivity contribution in [2.75, 3.05) is 0 Å². The zero-order valence-corrected chi connectivity index (χ0v) is 12.8. The molecule has 0 N–H and O–H groups in total. The lowest BCUT2D eigenvalue weighted by molar-refractivity contribution is 0.0388. The van der Waals surface area contributed by atoms with Gasteiger partial charge < -0.3 is 4.74 Å². The lowest BCUT2D eigenvalue weighted by Crippen LogP contribution is -2.07. The molecule has 1 aliphatic carbocycles. The Morgan fingerprint density at radius 2 is 1.86 bits per heavy atom. The van der Waals surface area contributed by atoms with Crippen LogP contribution in [0.4, 0.5) is 0 Å². The highest BCUT2D eigenvalue weighted by Crippen LogP contribution is 2.49. The minimum Gasteiger partial charge on any atom is -0.370 e. The average molecular weight is 278 g/mol. The predicted octanol–water partition coefficient (Wildman–Crippen LogP) is 4.92. The van der Waals surface area contributed by atoms with Crippen LogP contribution in [0.15, 0.2) is 42.5 Å². The summed E-state index contributed by atoms with van der Waals surface area (Å²) in [5.41, 5.74) is 7.19. The molecule has 2 aromatic carbocycles. The molecule has 2 aliphatic rings. The summed E-state index contributed by atoms with van der Waals surface area (Å²) < 4.78 is 6.43. The van der Waals surface area contributed by atoms with Gasteiger partial charge in [-0.2, -0.15) is 0 Å². The third kappa shape index (κ3) is 2.11. The summed E-state index contributed by atoms with van der Waals surface area (Å²) in [5.74, 6) is 0.522. The SMILES string of the molecule is CCC1CC2c3ccccc3Cc3ccc(C)cc3C2O1. The minimum atomic E-state index is 0.244. The van der Waals surface area contributed by atoms with E-state index in [1.54, 1.807) is 0 Å². The second kappa shape index (κ2) is 4.99. The normalized spacial score (nSPS) is 26.7. The van der Waals surface area contributed by atoms with Crippen LogP contribution in [0.3, 0.4) is 0 Å². The van der Waals surface area contributed by atoms with Gasteiger partial charge >= 0.3 is 0 Å². The first-order valence-corrected chi connectivity index (χ1v) is 8.09. The Morgan fingerprint density at radius 3 is 2.71 bits per heavy atom. The standard InChI is InChI=1S/C20H22O/c1-3-16-12-19-17-7-5-4-6-14(17)11-15-9-8-13(2)10-18(15)20(19)21-16/h4-10,16,19-20H,3,11-12H2,1-2H3. The van der Waals surface area contributed by atoms with Crippen LogP contribution in [0.25, 0.3) is 0 Å². The Labute approximate surface area is 127 Å². The van der Waals surface area contributed by atoms with E-state index in [1.807, 2.05) is 0 Å². The van der Waals surface area contributed by atoms with E-state index in [1.165, 1.54) is 27.8 Å². The molecule has 0 spiro atoms. The molecule has 0 radical (unpaired) electrons. The number of hydrogen-bond donors (Lipinski definition) is 0. The van der Waals surface area contributed by atoms with Gasteiger partial charge in [0.1, 0.15) is 0 Å². The number of hydrogen-bond acceptors (Lipinski definition) is 1. The summed E-state index contributed by atoms with van der Waals surface area (Å²) in [6.45, 7) is 4.42. The fraction of sp³-hybridized carbons (Fsp3) is 0.400. The predicted molar refractivity (Wildman–Crippen MR) is 85.7 cm³/mol. The van der Waals surface area contributed by atoms with Crippen LogP contribution in [0.5, 0.6) is 0 Å². The highest BCUT2D eigenvalue weighted by Gasteiger charge is 2.39. The van der Waals surface area contributed by atoms with Crippen molar-refractivity contribution in [1.82, 2.24) is 0 Å². The molecule has 0 bridgehead atoms. The molecule has 2 aromatic rings. The molecular weight excluding hydrogens is 256 g/mol. The fourth-order valence-electron chi connectivity index (χ4n) is 4.01. The van der Waals surface area contributed by atoms with Crippen molar-refractivity contribution in [3.05, 3.63) is 70.3 Å². The van der Waals surface area contributed by atoms with Gasteiger partial charge in [0.25, 0.3) is 0 Å². The van der Waals surface area contributed by atoms with Gasteiger partial charge in [0.15, 0.2) is 0 Å². The van der Waals surface area contributed by atoms with Gasteiger partial charge in [0, 0.05) is 5.92 Å². The summed E-state index contributed by atoms with van der Waals surface area (Å²) in [6.07, 6.45) is 3.95. The maximum absolute atomic E-state index is 6.43. The number of ether oxygens (including phenoxy) is 1. The summed E-state index contributed by atoms with van der Waals surface area (Å²) >= 11 is 0. The molecule has 1 fully saturated rings. The van der Waals surface area contributed by atoms with E-state index >= 15 is 0 Å². The van der Waals surface area contributed by atoms with E-state index in [9.17, 15) is 0 Å². The molecule has 108 valence electrons. The highest BCUT2D eigenvalue weighted by atomic mass is 16.5. The van der Waals surface area contributed by atoms with E-state index in [-0.39, 0.29) is 6.10 Å². The Hall–Kier alpha value is -1.60. The fourth-order valence-corrected chi connectivity index (χ4v) is 4.01. The van der Waals surface area contributed by atoms with Gasteiger partial charge in [-0.15, -0.1) is 0 Å². The molecule has 1 heterocycles. The van der Waals surface area contributed by atoms with Crippen molar-refractivity contribution in [2.45, 2.75) is 51.2 Å². The first kappa shape index (κ1) is 13.1. The van der Waals surface area contributed by atoms with Crippen molar-refractivity contribution >= 4 is 0 Å². The van der Waals surface area contributed by atoms with Crippen molar-refractivity contribution in [1.29, 1.82) is 0 Å². The molecule has 3 atom stereocenters. The molecule has 1 heteroatoms. The third-order valence-corrected chi connectivity index (χ3v) is 5.12. The second-order valence-corrected chi connectivity index (χ2v) is 6.51. The molecule has 21 heavy (non-hydrogen) atoms. The molecule has 1 aliphatic heterocycles. The quantitative estimate of drug-likeness (QED) is 0.719. The molecule has 1 nitrogen and oxygen atoms in total. The highest BCUT2D eigenvalue weighted by molar-refractivity contribution is 5.46. The number of fused-ring (bicyclic) bond motifs is 5. The average Bonchev–Trinajstić information content (AvgIpc) is 2.89. The molecule has 0 amide bonds. The Morgan fingerprint density at radius 1 is 1.05 bits per heavy atom. The first-order chi connectivity index (χ1) is 10.3. The van der Waals surface area contributed by atoms with E-state index in [2.05, 4.69) is 56.3 Å². The van der Waals surface area contributed by atoms with Gasteiger partial charge in [0.2, 0.25) is 0 Å². The van der Waals surface area contributed by atoms with Gasteiger partial charge in [-0.3, -0.25) is 0 Å². The largest absolute Gasteiger partial charge is 0.370 e. The smallest absolute Gasteiger partial charge is 0.0901 e. The lowest BCUT2D eigenvalue weighted by atomic mass is 9.87. The zero-order valence-electron chi connectivity index (χ0n) is 12.8. The summed E-state index contributed by atoms with van der Waals surface area (Å²) in [6, 6.07) is 15.8. The number of benzene rings is 2. The molecule has 4 rings (SSSR count). The Kier molecular flexibility index (Phi) is 3.11. The summed E-state index contributed by atoms with van der Waals surface area (Å²) in [4.78, 5) is 0. The van der Waals surface area contributed by atoms with Crippen LogP contribution >= 0.6 is 0 Å². The summed E-state index contributed by atoms with van der Waals surface area (Å²) in [7, 11) is 0. The summed E-state index contributed by atoms with van der Waals surface area (Å²) in [5, 5.41) is 0. The molecular formula is C20H22O. The lowest BCUT2D eigenvalue weighted by Gasteiger charge is -2.19. The van der Waals surface area contributed by atoms with Crippen molar-refractivity contribution in [3.63, 3.8) is 0 Å². The van der Waals surface area contributed by atoms with E-state index < -0.39 is 0 Å². The molecule has 1 saturated heterocycles. The van der Waals surface area contributed by atoms with Crippen LogP contribution in [-0.4, -0.2) is 6.10 Å². The monoisotopic (exact) mass is 278 g/mol. The second-order valence-electron chi connectivity index (χ2n) is 6.51.